The fraction of sp³-hybridized carbons (Fsp3) is 0.125. The minimum atomic E-state index is -0.331. The van der Waals surface area contributed by atoms with Gasteiger partial charge in [0.05, 0.1) is 10.9 Å². The number of hydrogen-bond acceptors (Lipinski definition) is 3. The van der Waals surface area contributed by atoms with Gasteiger partial charge in [-0.25, -0.2) is 4.98 Å². The molecule has 0 aliphatic rings. The standard InChI is InChI=1S/C24H20ClN3O2/c1-15-7-10-17(11-8-15)23-27-21-6-4-3-5-19(21)24(30)28(23)14-22(29)26-18-12-9-16(2)20(25)13-18/h3-13H,14H2,1-2H3,(H,26,29). The molecule has 0 aliphatic carbocycles. The Bertz CT molecular complexity index is 1310. The smallest absolute Gasteiger partial charge is 0.262 e. The third-order valence-corrected chi connectivity index (χ3v) is 5.34. The van der Waals surface area contributed by atoms with Crippen LogP contribution in [-0.4, -0.2) is 15.5 Å². The van der Waals surface area contributed by atoms with E-state index in [1.165, 1.54) is 4.57 Å². The van der Waals surface area contributed by atoms with Gasteiger partial charge in [0.2, 0.25) is 5.91 Å². The second-order valence-corrected chi connectivity index (χ2v) is 7.63. The number of anilines is 1. The molecule has 30 heavy (non-hydrogen) atoms. The molecule has 0 saturated heterocycles. The second-order valence-electron chi connectivity index (χ2n) is 7.22. The SMILES string of the molecule is Cc1ccc(-c2nc3ccccc3c(=O)n2CC(=O)Nc2ccc(C)c(Cl)c2)cc1. The molecular weight excluding hydrogens is 398 g/mol. The Kier molecular flexibility index (Phi) is 5.38. The molecule has 0 atom stereocenters. The number of nitrogens with one attached hydrogen (secondary N) is 1. The Balaban J connectivity index is 1.76. The summed E-state index contributed by atoms with van der Waals surface area (Å²) in [6, 6.07) is 20.2. The van der Waals surface area contributed by atoms with Crippen LogP contribution in [0.2, 0.25) is 5.02 Å². The van der Waals surface area contributed by atoms with Gasteiger partial charge in [-0.2, -0.15) is 0 Å². The maximum Gasteiger partial charge on any atom is 0.262 e. The van der Waals surface area contributed by atoms with Crippen molar-refractivity contribution in [3.63, 3.8) is 0 Å². The molecule has 0 unspecified atom stereocenters. The van der Waals surface area contributed by atoms with Crippen molar-refractivity contribution in [3.05, 3.63) is 93.2 Å². The van der Waals surface area contributed by atoms with Gasteiger partial charge < -0.3 is 5.32 Å². The zero-order valence-corrected chi connectivity index (χ0v) is 17.4. The number of nitrogens with zero attached hydrogens (tertiary/aromatic N) is 2. The lowest BCUT2D eigenvalue weighted by atomic mass is 10.1. The van der Waals surface area contributed by atoms with Crippen molar-refractivity contribution in [2.45, 2.75) is 20.4 Å². The molecule has 0 aliphatic heterocycles. The first kappa shape index (κ1) is 19.9. The number of aromatic nitrogens is 2. The highest BCUT2D eigenvalue weighted by Gasteiger charge is 2.16. The normalized spacial score (nSPS) is 10.9. The number of carbonyl (C=O) groups is 1. The molecule has 1 heterocycles. The number of fused-ring (bicyclic) bond motifs is 1. The number of aryl methyl sites for hydroxylation is 2. The van der Waals surface area contributed by atoms with Crippen LogP contribution >= 0.6 is 11.6 Å². The summed E-state index contributed by atoms with van der Waals surface area (Å²) in [7, 11) is 0. The summed E-state index contributed by atoms with van der Waals surface area (Å²) in [6.45, 7) is 3.72. The van der Waals surface area contributed by atoms with Gasteiger partial charge >= 0.3 is 0 Å². The summed E-state index contributed by atoms with van der Waals surface area (Å²) < 4.78 is 1.41. The lowest BCUT2D eigenvalue weighted by Crippen LogP contribution is -2.30. The van der Waals surface area contributed by atoms with Crippen molar-refractivity contribution in [1.82, 2.24) is 9.55 Å². The molecule has 3 aromatic carbocycles. The van der Waals surface area contributed by atoms with Crippen LogP contribution < -0.4 is 10.9 Å². The third kappa shape index (κ3) is 3.98. The van der Waals surface area contributed by atoms with Crippen molar-refractivity contribution < 1.29 is 4.79 Å². The van der Waals surface area contributed by atoms with Crippen LogP contribution in [0, 0.1) is 13.8 Å². The van der Waals surface area contributed by atoms with E-state index in [0.29, 0.717) is 27.4 Å². The monoisotopic (exact) mass is 417 g/mol. The molecule has 1 aromatic heterocycles. The molecule has 1 N–H and O–H groups in total. The van der Waals surface area contributed by atoms with E-state index in [-0.39, 0.29) is 18.0 Å². The highest BCUT2D eigenvalue weighted by molar-refractivity contribution is 6.31. The Morgan fingerprint density at radius 3 is 2.50 bits per heavy atom. The molecule has 5 nitrogen and oxygen atoms in total. The molecular formula is C24H20ClN3O2. The number of rotatable bonds is 4. The lowest BCUT2D eigenvalue weighted by Gasteiger charge is -2.14. The molecule has 0 fully saturated rings. The number of amides is 1. The van der Waals surface area contributed by atoms with Crippen molar-refractivity contribution in [3.8, 4) is 11.4 Å². The molecule has 0 bridgehead atoms. The van der Waals surface area contributed by atoms with Gasteiger partial charge in [0.1, 0.15) is 12.4 Å². The van der Waals surface area contributed by atoms with Gasteiger partial charge in [-0.3, -0.25) is 14.2 Å². The largest absolute Gasteiger partial charge is 0.324 e. The van der Waals surface area contributed by atoms with Crippen LogP contribution in [-0.2, 0) is 11.3 Å². The first-order valence-corrected chi connectivity index (χ1v) is 9.93. The van der Waals surface area contributed by atoms with Gasteiger partial charge in [0.25, 0.3) is 5.56 Å². The quantitative estimate of drug-likeness (QED) is 0.509. The maximum absolute atomic E-state index is 13.2. The fourth-order valence-corrected chi connectivity index (χ4v) is 3.43. The molecule has 4 rings (SSSR count). The first-order valence-electron chi connectivity index (χ1n) is 9.55. The predicted molar refractivity (Wildman–Crippen MR) is 121 cm³/mol. The molecule has 0 saturated carbocycles. The number of halogens is 1. The van der Waals surface area contributed by atoms with Crippen LogP contribution in [0.25, 0.3) is 22.3 Å². The predicted octanol–water partition coefficient (Wildman–Crippen LogP) is 4.97. The Morgan fingerprint density at radius 2 is 1.77 bits per heavy atom. The van der Waals surface area contributed by atoms with E-state index in [9.17, 15) is 9.59 Å². The zero-order valence-electron chi connectivity index (χ0n) is 16.6. The van der Waals surface area contributed by atoms with E-state index < -0.39 is 0 Å². The molecule has 1 amide bonds. The lowest BCUT2D eigenvalue weighted by molar-refractivity contribution is -0.116. The number of hydrogen-bond donors (Lipinski definition) is 1. The number of benzene rings is 3. The van der Waals surface area contributed by atoms with E-state index in [0.717, 1.165) is 16.7 Å². The van der Waals surface area contributed by atoms with Gasteiger partial charge in [-0.1, -0.05) is 59.6 Å². The van der Waals surface area contributed by atoms with Crippen LogP contribution in [0.3, 0.4) is 0 Å². The van der Waals surface area contributed by atoms with E-state index in [1.54, 1.807) is 30.3 Å². The zero-order chi connectivity index (χ0) is 21.3. The summed E-state index contributed by atoms with van der Waals surface area (Å²) in [6.07, 6.45) is 0. The summed E-state index contributed by atoms with van der Waals surface area (Å²) in [4.78, 5) is 30.6. The summed E-state index contributed by atoms with van der Waals surface area (Å²) in [5, 5.41) is 3.85. The Labute approximate surface area is 179 Å². The minimum Gasteiger partial charge on any atom is -0.324 e. The van der Waals surface area contributed by atoms with Crippen molar-refractivity contribution in [1.29, 1.82) is 0 Å². The molecule has 4 aromatic rings. The van der Waals surface area contributed by atoms with Crippen molar-refractivity contribution in [2.75, 3.05) is 5.32 Å². The summed E-state index contributed by atoms with van der Waals surface area (Å²) >= 11 is 6.15. The summed E-state index contributed by atoms with van der Waals surface area (Å²) in [5.74, 6) is 0.123. The number of para-hydroxylation sites is 1. The van der Waals surface area contributed by atoms with Crippen LogP contribution in [0.4, 0.5) is 5.69 Å². The van der Waals surface area contributed by atoms with Crippen LogP contribution in [0.15, 0.2) is 71.5 Å². The highest BCUT2D eigenvalue weighted by Crippen LogP contribution is 2.21. The van der Waals surface area contributed by atoms with Crippen molar-refractivity contribution >= 4 is 34.1 Å². The number of carbonyl (C=O) groups excluding carboxylic acids is 1. The average molecular weight is 418 g/mol. The van der Waals surface area contributed by atoms with E-state index in [1.807, 2.05) is 50.2 Å². The van der Waals surface area contributed by atoms with Gasteiger partial charge in [0.15, 0.2) is 0 Å². The third-order valence-electron chi connectivity index (χ3n) is 4.93. The van der Waals surface area contributed by atoms with Gasteiger partial charge in [0, 0.05) is 16.3 Å². The summed E-state index contributed by atoms with van der Waals surface area (Å²) in [5.41, 5.74) is 3.71. The first-order chi connectivity index (χ1) is 14.4. The maximum atomic E-state index is 13.2. The fourth-order valence-electron chi connectivity index (χ4n) is 3.25. The van der Waals surface area contributed by atoms with E-state index >= 15 is 0 Å². The Hall–Kier alpha value is -3.44. The molecule has 0 spiro atoms. The Morgan fingerprint density at radius 1 is 1.03 bits per heavy atom. The van der Waals surface area contributed by atoms with Gasteiger partial charge in [-0.15, -0.1) is 0 Å². The van der Waals surface area contributed by atoms with E-state index in [2.05, 4.69) is 10.3 Å². The van der Waals surface area contributed by atoms with Crippen molar-refractivity contribution in [2.24, 2.45) is 0 Å². The minimum absolute atomic E-state index is 0.161. The topological polar surface area (TPSA) is 64.0 Å². The second kappa shape index (κ2) is 8.13. The van der Waals surface area contributed by atoms with Gasteiger partial charge in [-0.05, 0) is 43.7 Å². The molecule has 150 valence electrons. The van der Waals surface area contributed by atoms with E-state index in [4.69, 9.17) is 11.6 Å². The molecule has 0 radical (unpaired) electrons. The van der Waals surface area contributed by atoms with Crippen LogP contribution in [0.1, 0.15) is 11.1 Å². The van der Waals surface area contributed by atoms with Crippen LogP contribution in [0.5, 0.6) is 0 Å². The highest BCUT2D eigenvalue weighted by atomic mass is 35.5. The molecule has 6 heteroatoms. The average Bonchev–Trinajstić information content (AvgIpc) is 2.73.